The number of carbonyl (C=O) groups is 2. The van der Waals surface area contributed by atoms with Crippen LogP contribution in [0.15, 0.2) is 42.5 Å². The first-order valence-electron chi connectivity index (χ1n) is 6.04. The zero-order chi connectivity index (χ0) is 12.3. The van der Waals surface area contributed by atoms with Gasteiger partial charge in [0, 0.05) is 0 Å². The number of amides is 2. The van der Waals surface area contributed by atoms with Crippen molar-refractivity contribution in [3.05, 3.63) is 42.5 Å². The van der Waals surface area contributed by atoms with Gasteiger partial charge in [-0.2, -0.15) is 0 Å². The number of para-hydroxylation sites is 1. The van der Waals surface area contributed by atoms with Gasteiger partial charge < -0.3 is 4.74 Å². The number of anilines is 1. The third-order valence-corrected chi connectivity index (χ3v) is 3.92. The smallest absolute Gasteiger partial charge is 0.240 e. The largest absolute Gasteiger partial charge is 0.365 e. The van der Waals surface area contributed by atoms with E-state index in [0.29, 0.717) is 5.69 Å². The molecule has 0 aliphatic carbocycles. The molecular formula is C14H11NO3. The Labute approximate surface area is 104 Å². The van der Waals surface area contributed by atoms with Crippen LogP contribution < -0.4 is 4.90 Å². The van der Waals surface area contributed by atoms with Gasteiger partial charge in [0.2, 0.25) is 11.8 Å². The van der Waals surface area contributed by atoms with E-state index in [0.717, 1.165) is 0 Å². The summed E-state index contributed by atoms with van der Waals surface area (Å²) in [6.45, 7) is 0. The number of carbonyl (C=O) groups excluding carboxylic acids is 2. The van der Waals surface area contributed by atoms with E-state index >= 15 is 0 Å². The molecule has 2 bridgehead atoms. The van der Waals surface area contributed by atoms with Gasteiger partial charge in [0.05, 0.1) is 29.7 Å². The maximum absolute atomic E-state index is 12.4. The first kappa shape index (κ1) is 10.0. The van der Waals surface area contributed by atoms with Crippen LogP contribution in [0.4, 0.5) is 5.69 Å². The Hall–Kier alpha value is -1.94. The van der Waals surface area contributed by atoms with Crippen molar-refractivity contribution < 1.29 is 14.3 Å². The van der Waals surface area contributed by atoms with Crippen LogP contribution in [0.5, 0.6) is 0 Å². The third-order valence-electron chi connectivity index (χ3n) is 3.92. The first-order valence-corrected chi connectivity index (χ1v) is 6.04. The predicted octanol–water partition coefficient (Wildman–Crippen LogP) is 1.13. The molecule has 1 aromatic carbocycles. The summed E-state index contributed by atoms with van der Waals surface area (Å²) in [6, 6.07) is 9.09. The summed E-state index contributed by atoms with van der Waals surface area (Å²) >= 11 is 0. The van der Waals surface area contributed by atoms with Gasteiger partial charge in [-0.25, -0.2) is 4.90 Å². The third kappa shape index (κ3) is 1.08. The molecule has 2 saturated heterocycles. The van der Waals surface area contributed by atoms with Crippen LogP contribution in [0, 0.1) is 11.8 Å². The lowest BCUT2D eigenvalue weighted by molar-refractivity contribution is -0.124. The van der Waals surface area contributed by atoms with Crippen LogP contribution in [0.1, 0.15) is 0 Å². The molecule has 2 unspecified atom stereocenters. The average Bonchev–Trinajstić information content (AvgIpc) is 3.05. The van der Waals surface area contributed by atoms with E-state index in [1.165, 1.54) is 4.90 Å². The van der Waals surface area contributed by atoms with Crippen LogP contribution in [0.3, 0.4) is 0 Å². The zero-order valence-corrected chi connectivity index (χ0v) is 9.52. The van der Waals surface area contributed by atoms with Crippen molar-refractivity contribution in [2.75, 3.05) is 4.90 Å². The highest BCUT2D eigenvalue weighted by molar-refractivity contribution is 6.23. The highest BCUT2D eigenvalue weighted by Crippen LogP contribution is 2.46. The molecule has 0 radical (unpaired) electrons. The summed E-state index contributed by atoms with van der Waals surface area (Å²) in [5.74, 6) is -0.915. The highest BCUT2D eigenvalue weighted by atomic mass is 16.5. The lowest BCUT2D eigenvalue weighted by Gasteiger charge is -2.17. The Morgan fingerprint density at radius 1 is 0.889 bits per heavy atom. The Bertz CT molecular complexity index is 536. The Balaban J connectivity index is 1.77. The molecule has 1 aromatic rings. The summed E-state index contributed by atoms with van der Waals surface area (Å²) in [7, 11) is 0. The molecule has 90 valence electrons. The molecule has 0 N–H and O–H groups in total. The highest BCUT2D eigenvalue weighted by Gasteiger charge is 2.60. The second-order valence-electron chi connectivity index (χ2n) is 4.85. The summed E-state index contributed by atoms with van der Waals surface area (Å²) in [5, 5.41) is 0. The van der Waals surface area contributed by atoms with Crippen LogP contribution in [-0.2, 0) is 14.3 Å². The molecule has 2 amide bonds. The van der Waals surface area contributed by atoms with Crippen molar-refractivity contribution in [2.45, 2.75) is 12.2 Å². The van der Waals surface area contributed by atoms with E-state index in [1.807, 2.05) is 30.4 Å². The van der Waals surface area contributed by atoms with Gasteiger partial charge in [-0.3, -0.25) is 9.59 Å². The standard InChI is InChI=1S/C14H11NO3/c16-13-11-9-6-7-10(18-9)12(11)14(17)15(13)8-4-2-1-3-5-8/h1-7,9-12H/t9-,10-,11?,12?/m1/s1. The van der Waals surface area contributed by atoms with Crippen molar-refractivity contribution in [1.29, 1.82) is 0 Å². The van der Waals surface area contributed by atoms with Gasteiger partial charge in [-0.05, 0) is 12.1 Å². The van der Waals surface area contributed by atoms with Gasteiger partial charge in [0.25, 0.3) is 0 Å². The van der Waals surface area contributed by atoms with Crippen molar-refractivity contribution in [3.8, 4) is 0 Å². The summed E-state index contributed by atoms with van der Waals surface area (Å²) in [6.07, 6.45) is 3.35. The van der Waals surface area contributed by atoms with Gasteiger partial charge in [-0.15, -0.1) is 0 Å². The van der Waals surface area contributed by atoms with Crippen LogP contribution in [0.25, 0.3) is 0 Å². The van der Waals surface area contributed by atoms with E-state index in [1.54, 1.807) is 12.1 Å². The Morgan fingerprint density at radius 2 is 1.44 bits per heavy atom. The first-order chi connectivity index (χ1) is 8.77. The van der Waals surface area contributed by atoms with Crippen molar-refractivity contribution in [1.82, 2.24) is 0 Å². The van der Waals surface area contributed by atoms with E-state index in [4.69, 9.17) is 4.74 Å². The topological polar surface area (TPSA) is 46.6 Å². The number of imide groups is 1. The molecular weight excluding hydrogens is 230 g/mol. The minimum Gasteiger partial charge on any atom is -0.365 e. The van der Waals surface area contributed by atoms with Crippen LogP contribution in [0.2, 0.25) is 0 Å². The molecule has 3 heterocycles. The van der Waals surface area contributed by atoms with Crippen LogP contribution in [-0.4, -0.2) is 24.0 Å². The van der Waals surface area contributed by atoms with Gasteiger partial charge in [0.1, 0.15) is 0 Å². The fourth-order valence-electron chi connectivity index (χ4n) is 3.14. The van der Waals surface area contributed by atoms with E-state index in [-0.39, 0.29) is 35.9 Å². The molecule has 3 aliphatic heterocycles. The Kier molecular flexibility index (Phi) is 1.84. The fourth-order valence-corrected chi connectivity index (χ4v) is 3.14. The lowest BCUT2D eigenvalue weighted by atomic mass is 9.85. The van der Waals surface area contributed by atoms with Gasteiger partial charge in [0.15, 0.2) is 0 Å². The minimum absolute atomic E-state index is 0.131. The number of hydrogen-bond donors (Lipinski definition) is 0. The molecule has 0 aromatic heterocycles. The van der Waals surface area contributed by atoms with Crippen molar-refractivity contribution in [2.24, 2.45) is 11.8 Å². The molecule has 3 aliphatic rings. The number of hydrogen-bond acceptors (Lipinski definition) is 3. The number of nitrogens with zero attached hydrogens (tertiary/aromatic N) is 1. The zero-order valence-electron chi connectivity index (χ0n) is 9.52. The van der Waals surface area contributed by atoms with Gasteiger partial charge >= 0.3 is 0 Å². The number of fused-ring (bicyclic) bond motifs is 5. The molecule has 2 fully saturated rings. The maximum atomic E-state index is 12.4. The van der Waals surface area contributed by atoms with E-state index in [9.17, 15) is 9.59 Å². The summed E-state index contributed by atoms with van der Waals surface area (Å²) in [5.41, 5.74) is 0.654. The minimum atomic E-state index is -0.326. The van der Waals surface area contributed by atoms with Crippen molar-refractivity contribution >= 4 is 17.5 Å². The molecule has 4 atom stereocenters. The quantitative estimate of drug-likeness (QED) is 0.547. The number of rotatable bonds is 1. The normalized spacial score (nSPS) is 36.6. The van der Waals surface area contributed by atoms with Crippen LogP contribution >= 0.6 is 0 Å². The summed E-state index contributed by atoms with van der Waals surface area (Å²) in [4.78, 5) is 26.1. The molecule has 18 heavy (non-hydrogen) atoms. The second kappa shape index (κ2) is 3.29. The van der Waals surface area contributed by atoms with Crippen molar-refractivity contribution in [3.63, 3.8) is 0 Å². The monoisotopic (exact) mass is 241 g/mol. The molecule has 0 saturated carbocycles. The van der Waals surface area contributed by atoms with Gasteiger partial charge in [-0.1, -0.05) is 30.4 Å². The SMILES string of the molecule is O=C1C2C(C(=O)N1c1ccccc1)[C@H]1C=C[C@H]2O1. The fraction of sp³-hybridized carbons (Fsp3) is 0.286. The average molecular weight is 241 g/mol. The molecule has 4 rings (SSSR count). The number of ether oxygens (including phenoxy) is 1. The maximum Gasteiger partial charge on any atom is 0.240 e. The molecule has 4 heteroatoms. The molecule has 0 spiro atoms. The lowest BCUT2D eigenvalue weighted by Crippen LogP contribution is -2.34. The number of benzene rings is 1. The van der Waals surface area contributed by atoms with E-state index < -0.39 is 0 Å². The predicted molar refractivity (Wildman–Crippen MR) is 63.7 cm³/mol. The Morgan fingerprint density at radius 3 is 2.00 bits per heavy atom. The summed E-state index contributed by atoms with van der Waals surface area (Å²) < 4.78 is 5.58. The van der Waals surface area contributed by atoms with E-state index in [2.05, 4.69) is 0 Å². The molecule has 4 nitrogen and oxygen atoms in total. The second-order valence-corrected chi connectivity index (χ2v) is 4.85.